The van der Waals surface area contributed by atoms with Crippen LogP contribution in [0, 0.1) is 11.6 Å². The number of sulfone groups is 1. The van der Waals surface area contributed by atoms with Gasteiger partial charge in [0.25, 0.3) is 5.91 Å². The number of hydrogen-bond acceptors (Lipinski definition) is 3. The molecule has 8 heteroatoms. The third-order valence-electron chi connectivity index (χ3n) is 3.10. The molecule has 0 aliphatic rings. The van der Waals surface area contributed by atoms with Crippen LogP contribution in [0.1, 0.15) is 17.3 Å². The van der Waals surface area contributed by atoms with Crippen LogP contribution in [0.25, 0.3) is 0 Å². The van der Waals surface area contributed by atoms with Crippen LogP contribution in [0.3, 0.4) is 0 Å². The van der Waals surface area contributed by atoms with Crippen LogP contribution in [0.4, 0.5) is 14.5 Å². The summed E-state index contributed by atoms with van der Waals surface area (Å²) in [4.78, 5) is 12.1. The van der Waals surface area contributed by atoms with Crippen molar-refractivity contribution in [3.8, 4) is 0 Å². The predicted molar refractivity (Wildman–Crippen MR) is 83.5 cm³/mol. The Morgan fingerprint density at radius 3 is 2.43 bits per heavy atom. The van der Waals surface area contributed by atoms with Crippen LogP contribution in [0.2, 0.25) is 5.02 Å². The monoisotopic (exact) mass is 359 g/mol. The quantitative estimate of drug-likeness (QED) is 0.847. The molecule has 0 spiro atoms. The molecule has 0 aliphatic carbocycles. The van der Waals surface area contributed by atoms with Gasteiger partial charge in [-0.15, -0.1) is 0 Å². The van der Waals surface area contributed by atoms with E-state index in [0.29, 0.717) is 12.1 Å². The lowest BCUT2D eigenvalue weighted by atomic mass is 10.2. The SMILES string of the molecule is CCS(=O)(=O)c1ccccc1NC(=O)c1cc(F)c(F)cc1Cl. The summed E-state index contributed by atoms with van der Waals surface area (Å²) in [6.45, 7) is 1.47. The van der Waals surface area contributed by atoms with Crippen molar-refractivity contribution in [2.24, 2.45) is 0 Å². The molecule has 1 N–H and O–H groups in total. The van der Waals surface area contributed by atoms with Gasteiger partial charge in [-0.25, -0.2) is 17.2 Å². The molecule has 0 saturated carbocycles. The zero-order chi connectivity index (χ0) is 17.2. The second-order valence-electron chi connectivity index (χ2n) is 4.60. The first-order valence-electron chi connectivity index (χ1n) is 6.54. The molecule has 0 bridgehead atoms. The topological polar surface area (TPSA) is 63.2 Å². The molecular formula is C15H12ClF2NO3S. The first-order valence-corrected chi connectivity index (χ1v) is 8.57. The molecule has 23 heavy (non-hydrogen) atoms. The smallest absolute Gasteiger partial charge is 0.257 e. The van der Waals surface area contributed by atoms with Crippen LogP contribution in [0.15, 0.2) is 41.3 Å². The maximum Gasteiger partial charge on any atom is 0.257 e. The second kappa shape index (κ2) is 6.64. The standard InChI is InChI=1S/C15H12ClF2NO3S/c1-2-23(21,22)14-6-4-3-5-13(14)19-15(20)9-7-11(17)12(18)8-10(9)16/h3-8H,2H2,1H3,(H,19,20). The summed E-state index contributed by atoms with van der Waals surface area (Å²) in [7, 11) is -3.56. The molecule has 0 aromatic heterocycles. The van der Waals surface area contributed by atoms with Crippen molar-refractivity contribution in [2.45, 2.75) is 11.8 Å². The Morgan fingerprint density at radius 2 is 1.78 bits per heavy atom. The number of benzene rings is 2. The van der Waals surface area contributed by atoms with Gasteiger partial charge in [-0.2, -0.15) is 0 Å². The van der Waals surface area contributed by atoms with Crippen molar-refractivity contribution in [1.82, 2.24) is 0 Å². The number of nitrogens with one attached hydrogen (secondary N) is 1. The molecule has 0 atom stereocenters. The highest BCUT2D eigenvalue weighted by atomic mass is 35.5. The summed E-state index contributed by atoms with van der Waals surface area (Å²) >= 11 is 5.73. The van der Waals surface area contributed by atoms with E-state index >= 15 is 0 Å². The molecule has 0 fully saturated rings. The molecule has 2 aromatic rings. The van der Waals surface area contributed by atoms with E-state index in [4.69, 9.17) is 11.6 Å². The van der Waals surface area contributed by atoms with Gasteiger partial charge in [0.15, 0.2) is 21.5 Å². The maximum atomic E-state index is 13.3. The van der Waals surface area contributed by atoms with Gasteiger partial charge < -0.3 is 5.32 Å². The van der Waals surface area contributed by atoms with Crippen LogP contribution in [-0.2, 0) is 9.84 Å². The highest BCUT2D eigenvalue weighted by molar-refractivity contribution is 7.91. The largest absolute Gasteiger partial charge is 0.321 e. The van der Waals surface area contributed by atoms with Gasteiger partial charge in [0, 0.05) is 0 Å². The molecule has 0 aliphatic heterocycles. The highest BCUT2D eigenvalue weighted by Gasteiger charge is 2.20. The average Bonchev–Trinajstić information content (AvgIpc) is 2.51. The Hall–Kier alpha value is -1.99. The van der Waals surface area contributed by atoms with Crippen molar-refractivity contribution in [2.75, 3.05) is 11.1 Å². The predicted octanol–water partition coefficient (Wildman–Crippen LogP) is 3.66. The molecule has 0 radical (unpaired) electrons. The van der Waals surface area contributed by atoms with Crippen molar-refractivity contribution in [3.63, 3.8) is 0 Å². The fraction of sp³-hybridized carbons (Fsp3) is 0.133. The third kappa shape index (κ3) is 3.68. The van der Waals surface area contributed by atoms with E-state index in [1.807, 2.05) is 0 Å². The Kier molecular flexibility index (Phi) is 5.01. The maximum absolute atomic E-state index is 13.3. The van der Waals surface area contributed by atoms with Crippen LogP contribution in [0.5, 0.6) is 0 Å². The Morgan fingerprint density at radius 1 is 1.17 bits per heavy atom. The van der Waals surface area contributed by atoms with E-state index < -0.39 is 27.4 Å². The molecule has 1 amide bonds. The molecule has 122 valence electrons. The summed E-state index contributed by atoms with van der Waals surface area (Å²) in [5.74, 6) is -3.39. The zero-order valence-corrected chi connectivity index (χ0v) is 13.5. The highest BCUT2D eigenvalue weighted by Crippen LogP contribution is 2.25. The van der Waals surface area contributed by atoms with Crippen LogP contribution < -0.4 is 5.32 Å². The Labute approximate surface area is 137 Å². The molecule has 2 aromatic carbocycles. The first-order chi connectivity index (χ1) is 10.8. The summed E-state index contributed by atoms with van der Waals surface area (Å²) in [5, 5.41) is 2.08. The minimum atomic E-state index is -3.56. The lowest BCUT2D eigenvalue weighted by molar-refractivity contribution is 0.102. The summed E-state index contributed by atoms with van der Waals surface area (Å²) in [6, 6.07) is 7.14. The lowest BCUT2D eigenvalue weighted by Crippen LogP contribution is -2.16. The van der Waals surface area contributed by atoms with Gasteiger partial charge in [0.1, 0.15) is 0 Å². The molecule has 4 nitrogen and oxygen atoms in total. The molecular weight excluding hydrogens is 348 g/mol. The minimum Gasteiger partial charge on any atom is -0.321 e. The Bertz CT molecular complexity index is 869. The first kappa shape index (κ1) is 17.4. The lowest BCUT2D eigenvalue weighted by Gasteiger charge is -2.11. The normalized spacial score (nSPS) is 11.3. The average molecular weight is 360 g/mol. The van der Waals surface area contributed by atoms with E-state index in [-0.39, 0.29) is 26.9 Å². The Balaban J connectivity index is 2.41. The third-order valence-corrected chi connectivity index (χ3v) is 5.20. The number of carbonyl (C=O) groups is 1. The van der Waals surface area contributed by atoms with Crippen molar-refractivity contribution in [1.29, 1.82) is 0 Å². The number of amides is 1. The number of rotatable bonds is 4. The summed E-state index contributed by atoms with van der Waals surface area (Å²) in [5.41, 5.74) is -0.255. The van der Waals surface area contributed by atoms with E-state index in [1.54, 1.807) is 0 Å². The van der Waals surface area contributed by atoms with Gasteiger partial charge in [-0.1, -0.05) is 30.7 Å². The molecule has 0 unspecified atom stereocenters. The van der Waals surface area contributed by atoms with Crippen LogP contribution in [-0.4, -0.2) is 20.1 Å². The summed E-state index contributed by atoms with van der Waals surface area (Å²) in [6.07, 6.45) is 0. The number of para-hydroxylation sites is 1. The van der Waals surface area contributed by atoms with Crippen molar-refractivity contribution >= 4 is 33.0 Å². The van der Waals surface area contributed by atoms with Crippen molar-refractivity contribution < 1.29 is 22.0 Å². The molecule has 0 heterocycles. The summed E-state index contributed by atoms with van der Waals surface area (Å²) < 4.78 is 50.4. The van der Waals surface area contributed by atoms with Gasteiger partial charge in [0.05, 0.1) is 26.9 Å². The molecule has 0 saturated heterocycles. The van der Waals surface area contributed by atoms with E-state index in [0.717, 1.165) is 0 Å². The number of halogens is 3. The van der Waals surface area contributed by atoms with E-state index in [9.17, 15) is 22.0 Å². The van der Waals surface area contributed by atoms with Gasteiger partial charge in [0.2, 0.25) is 0 Å². The number of anilines is 1. The van der Waals surface area contributed by atoms with Gasteiger partial charge >= 0.3 is 0 Å². The second-order valence-corrected chi connectivity index (χ2v) is 7.25. The van der Waals surface area contributed by atoms with E-state index in [1.165, 1.54) is 31.2 Å². The van der Waals surface area contributed by atoms with Gasteiger partial charge in [-0.3, -0.25) is 4.79 Å². The fourth-order valence-corrected chi connectivity index (χ4v) is 3.17. The fourth-order valence-electron chi connectivity index (χ4n) is 1.88. The van der Waals surface area contributed by atoms with Gasteiger partial charge in [-0.05, 0) is 24.3 Å². The zero-order valence-electron chi connectivity index (χ0n) is 11.9. The minimum absolute atomic E-state index is 0.0418. The van der Waals surface area contributed by atoms with Crippen LogP contribution >= 0.6 is 11.6 Å². The number of hydrogen-bond donors (Lipinski definition) is 1. The number of carbonyl (C=O) groups excluding carboxylic acids is 1. The van der Waals surface area contributed by atoms with E-state index in [2.05, 4.69) is 5.32 Å². The molecule has 2 rings (SSSR count). The van der Waals surface area contributed by atoms with Crippen molar-refractivity contribution in [3.05, 3.63) is 58.6 Å².